The van der Waals surface area contributed by atoms with Crippen molar-refractivity contribution in [3.05, 3.63) is 149 Å². The molecular formula is C40H32N8O3. The maximum absolute atomic E-state index is 11.9. The number of ether oxygens (including phenoxy) is 2. The van der Waals surface area contributed by atoms with E-state index in [-0.39, 0.29) is 0 Å². The van der Waals surface area contributed by atoms with E-state index in [1.807, 2.05) is 78.9 Å². The number of benzene rings is 4. The van der Waals surface area contributed by atoms with E-state index in [1.165, 1.54) is 6.33 Å². The van der Waals surface area contributed by atoms with Gasteiger partial charge >= 0.3 is 0 Å². The molecule has 0 saturated heterocycles. The van der Waals surface area contributed by atoms with Crippen LogP contribution in [0.3, 0.4) is 0 Å². The van der Waals surface area contributed by atoms with Crippen LogP contribution >= 0.6 is 0 Å². The average molecular weight is 673 g/mol. The molecule has 4 aromatic carbocycles. The maximum Gasteiger partial charge on any atom is 0.199 e. The van der Waals surface area contributed by atoms with Crippen molar-refractivity contribution in [2.75, 3.05) is 19.1 Å². The summed E-state index contributed by atoms with van der Waals surface area (Å²) >= 11 is 0. The maximum atomic E-state index is 11.9. The lowest BCUT2D eigenvalue weighted by molar-refractivity contribution is 0.112. The minimum Gasteiger partial charge on any atom is -0.497 e. The highest BCUT2D eigenvalue weighted by Crippen LogP contribution is 2.35. The molecule has 11 nitrogen and oxygen atoms in total. The molecule has 7 aromatic rings. The van der Waals surface area contributed by atoms with Crippen LogP contribution in [0.1, 0.15) is 38.4 Å². The molecule has 0 aliphatic heterocycles. The number of aromatic nitrogens is 6. The number of fused-ring (bicyclic) bond motifs is 1. The summed E-state index contributed by atoms with van der Waals surface area (Å²) in [6.07, 6.45) is 4.30. The number of carbonyl (C=O) groups is 1. The Labute approximate surface area is 294 Å². The van der Waals surface area contributed by atoms with E-state index in [0.29, 0.717) is 70.6 Å². The quantitative estimate of drug-likeness (QED) is 0.129. The fourth-order valence-corrected chi connectivity index (χ4v) is 5.94. The minimum atomic E-state index is 0.315. The lowest BCUT2D eigenvalue weighted by Gasteiger charge is -2.26. The minimum absolute atomic E-state index is 0.315. The SMILES string of the molecule is COc1ccc(CN(Cc2ccc(OC)cc2)c2nc(-c3cccc(C#N)c3)c(-c3ccncn3)n3nc(Cc4ccccc4C=O)nc23)cc1. The zero-order valence-corrected chi connectivity index (χ0v) is 28.0. The smallest absolute Gasteiger partial charge is 0.199 e. The highest BCUT2D eigenvalue weighted by atomic mass is 16.5. The van der Waals surface area contributed by atoms with Gasteiger partial charge < -0.3 is 14.4 Å². The van der Waals surface area contributed by atoms with E-state index in [9.17, 15) is 10.1 Å². The summed E-state index contributed by atoms with van der Waals surface area (Å²) < 4.78 is 12.6. The van der Waals surface area contributed by atoms with Crippen LogP contribution in [0.5, 0.6) is 11.5 Å². The van der Waals surface area contributed by atoms with Crippen molar-refractivity contribution in [3.63, 3.8) is 0 Å². The largest absolute Gasteiger partial charge is 0.497 e. The number of nitrogens with zero attached hydrogens (tertiary/aromatic N) is 8. The van der Waals surface area contributed by atoms with Crippen molar-refractivity contribution in [1.82, 2.24) is 29.5 Å². The van der Waals surface area contributed by atoms with Crippen molar-refractivity contribution in [1.29, 1.82) is 5.26 Å². The number of aldehydes is 1. The second-order valence-electron chi connectivity index (χ2n) is 11.7. The summed E-state index contributed by atoms with van der Waals surface area (Å²) in [6.45, 7) is 0.943. The number of hydrogen-bond acceptors (Lipinski definition) is 10. The highest BCUT2D eigenvalue weighted by molar-refractivity contribution is 5.83. The summed E-state index contributed by atoms with van der Waals surface area (Å²) in [5.41, 5.74) is 6.85. The van der Waals surface area contributed by atoms with E-state index in [4.69, 9.17) is 24.5 Å². The summed E-state index contributed by atoms with van der Waals surface area (Å²) in [5.74, 6) is 2.58. The van der Waals surface area contributed by atoms with Gasteiger partial charge in [0, 0.05) is 36.8 Å². The van der Waals surface area contributed by atoms with Crippen LogP contribution in [0.2, 0.25) is 0 Å². The zero-order chi connectivity index (χ0) is 35.2. The third-order valence-corrected chi connectivity index (χ3v) is 8.49. The monoisotopic (exact) mass is 672 g/mol. The Morgan fingerprint density at radius 1 is 0.843 bits per heavy atom. The van der Waals surface area contributed by atoms with Gasteiger partial charge in [-0.1, -0.05) is 60.7 Å². The van der Waals surface area contributed by atoms with Crippen molar-refractivity contribution in [2.45, 2.75) is 19.5 Å². The second-order valence-corrected chi connectivity index (χ2v) is 11.7. The molecule has 250 valence electrons. The molecule has 0 fully saturated rings. The number of carbonyl (C=O) groups excluding carboxylic acids is 1. The van der Waals surface area contributed by atoms with E-state index >= 15 is 0 Å². The van der Waals surface area contributed by atoms with Crippen molar-refractivity contribution in [2.24, 2.45) is 0 Å². The lowest BCUT2D eigenvalue weighted by Crippen LogP contribution is -2.25. The molecule has 0 spiro atoms. The van der Waals surface area contributed by atoms with Crippen LogP contribution in [0.15, 0.2) is 116 Å². The molecule has 7 rings (SSSR count). The molecule has 0 aliphatic rings. The Hall–Kier alpha value is -6.93. The molecule has 0 aliphatic carbocycles. The second kappa shape index (κ2) is 14.7. The fourth-order valence-electron chi connectivity index (χ4n) is 5.94. The normalized spacial score (nSPS) is 10.8. The molecule has 0 unspecified atom stereocenters. The Balaban J connectivity index is 1.49. The van der Waals surface area contributed by atoms with E-state index in [2.05, 4.69) is 20.9 Å². The Bertz CT molecular complexity index is 2300. The highest BCUT2D eigenvalue weighted by Gasteiger charge is 2.25. The Morgan fingerprint density at radius 2 is 1.55 bits per heavy atom. The molecule has 0 radical (unpaired) electrons. The average Bonchev–Trinajstić information content (AvgIpc) is 3.61. The molecule has 0 amide bonds. The Morgan fingerprint density at radius 3 is 2.18 bits per heavy atom. The molecule has 0 saturated carbocycles. The Kier molecular flexibility index (Phi) is 9.38. The van der Waals surface area contributed by atoms with Gasteiger partial charge in [-0.15, -0.1) is 0 Å². The van der Waals surface area contributed by atoms with Gasteiger partial charge in [0.15, 0.2) is 17.3 Å². The van der Waals surface area contributed by atoms with Gasteiger partial charge in [-0.2, -0.15) is 10.4 Å². The zero-order valence-electron chi connectivity index (χ0n) is 28.0. The van der Waals surface area contributed by atoms with Crippen molar-refractivity contribution < 1.29 is 14.3 Å². The number of methoxy groups -OCH3 is 2. The van der Waals surface area contributed by atoms with Crippen LogP contribution in [-0.4, -0.2) is 50.1 Å². The molecule has 0 bridgehead atoms. The predicted molar refractivity (Wildman–Crippen MR) is 192 cm³/mol. The molecule has 0 N–H and O–H groups in total. The first-order valence-corrected chi connectivity index (χ1v) is 16.2. The third-order valence-electron chi connectivity index (χ3n) is 8.49. The molecular weight excluding hydrogens is 640 g/mol. The van der Waals surface area contributed by atoms with Crippen molar-refractivity contribution in [3.8, 4) is 40.2 Å². The van der Waals surface area contributed by atoms with Crippen LogP contribution in [-0.2, 0) is 19.5 Å². The van der Waals surface area contributed by atoms with Gasteiger partial charge in [0.1, 0.15) is 35.5 Å². The summed E-state index contributed by atoms with van der Waals surface area (Å²) in [4.78, 5) is 33.3. The third kappa shape index (κ3) is 6.97. The van der Waals surface area contributed by atoms with Crippen LogP contribution in [0.4, 0.5) is 5.82 Å². The molecule has 3 aromatic heterocycles. The van der Waals surface area contributed by atoms with Gasteiger partial charge in [0.25, 0.3) is 0 Å². The number of rotatable bonds is 12. The van der Waals surface area contributed by atoms with Crippen LogP contribution < -0.4 is 14.4 Å². The van der Waals surface area contributed by atoms with Gasteiger partial charge in [0.05, 0.1) is 31.5 Å². The number of hydrogen-bond donors (Lipinski definition) is 0. The summed E-state index contributed by atoms with van der Waals surface area (Å²) in [7, 11) is 3.29. The number of nitriles is 1. The van der Waals surface area contributed by atoms with Gasteiger partial charge in [0.2, 0.25) is 0 Å². The summed E-state index contributed by atoms with van der Waals surface area (Å²) in [5, 5.41) is 14.9. The molecule has 11 heteroatoms. The van der Waals surface area contributed by atoms with E-state index < -0.39 is 0 Å². The standard InChI is InChI=1S/C40H32N8O3/c1-50-33-14-10-27(11-15-33)23-47(24-28-12-16-34(51-2)17-13-28)39-40-44-36(21-30-7-3-4-8-32(30)25-49)46-48(40)38(35-18-19-42-26-43-35)37(45-39)31-9-5-6-29(20-31)22-41/h3-20,25-26H,21,23-24H2,1-2H3. The molecule has 51 heavy (non-hydrogen) atoms. The van der Waals surface area contributed by atoms with Gasteiger partial charge in [-0.25, -0.2) is 24.5 Å². The van der Waals surface area contributed by atoms with Gasteiger partial charge in [-0.05, 0) is 59.2 Å². The lowest BCUT2D eigenvalue weighted by atomic mass is 10.0. The van der Waals surface area contributed by atoms with E-state index in [1.54, 1.807) is 49.2 Å². The predicted octanol–water partition coefficient (Wildman–Crippen LogP) is 6.75. The first-order chi connectivity index (χ1) is 25.1. The van der Waals surface area contributed by atoms with Crippen LogP contribution in [0, 0.1) is 11.3 Å². The van der Waals surface area contributed by atoms with Crippen LogP contribution in [0.25, 0.3) is 28.3 Å². The molecule has 0 atom stereocenters. The van der Waals surface area contributed by atoms with E-state index in [0.717, 1.165) is 34.5 Å². The molecule has 3 heterocycles. The van der Waals surface area contributed by atoms with Gasteiger partial charge in [-0.3, -0.25) is 4.79 Å². The number of anilines is 1. The summed E-state index contributed by atoms with van der Waals surface area (Å²) in [6, 6.07) is 34.6. The first kappa shape index (κ1) is 32.6. The fraction of sp³-hybridized carbons (Fsp3) is 0.125. The first-order valence-electron chi connectivity index (χ1n) is 16.2. The van der Waals surface area contributed by atoms with Crippen molar-refractivity contribution >= 4 is 17.8 Å². The topological polar surface area (TPSA) is 131 Å².